The van der Waals surface area contributed by atoms with Crippen LogP contribution in [0.15, 0.2) is 87.1 Å². The Bertz CT molecular complexity index is 1490. The van der Waals surface area contributed by atoms with Crippen molar-refractivity contribution in [2.24, 2.45) is 0 Å². The number of rotatable bonds is 13. The van der Waals surface area contributed by atoms with Crippen LogP contribution < -0.4 is 14.4 Å². The molecule has 43 heavy (non-hydrogen) atoms. The number of halogens is 1. The Morgan fingerprint density at radius 2 is 1.67 bits per heavy atom. The Morgan fingerprint density at radius 1 is 1.02 bits per heavy atom. The number of carbonyl (C=O) groups is 2. The molecule has 0 radical (unpaired) electrons. The number of sulfonamides is 1. The summed E-state index contributed by atoms with van der Waals surface area (Å²) >= 11 is 4.95. The van der Waals surface area contributed by atoms with Gasteiger partial charge in [-0.1, -0.05) is 53.0 Å². The van der Waals surface area contributed by atoms with E-state index in [1.165, 1.54) is 16.7 Å². The van der Waals surface area contributed by atoms with E-state index in [-0.39, 0.29) is 29.1 Å². The van der Waals surface area contributed by atoms with Gasteiger partial charge < -0.3 is 15.0 Å². The Kier molecular flexibility index (Phi) is 11.6. The third-order valence-electron chi connectivity index (χ3n) is 7.50. The predicted octanol–water partition coefficient (Wildman–Crippen LogP) is 6.24. The molecule has 1 N–H and O–H groups in total. The topological polar surface area (TPSA) is 96.0 Å². The molecule has 1 fully saturated rings. The maximum atomic E-state index is 14.2. The summed E-state index contributed by atoms with van der Waals surface area (Å²) in [6, 6.07) is 20.1. The number of para-hydroxylation sites is 2. The fourth-order valence-electron chi connectivity index (χ4n) is 5.09. The zero-order valence-electron chi connectivity index (χ0n) is 24.7. The van der Waals surface area contributed by atoms with Crippen LogP contribution in [0.3, 0.4) is 0 Å². The summed E-state index contributed by atoms with van der Waals surface area (Å²) in [5.74, 6) is -0.421. The summed E-state index contributed by atoms with van der Waals surface area (Å²) in [5, 5.41) is 3.09. The van der Waals surface area contributed by atoms with Crippen molar-refractivity contribution >= 4 is 55.2 Å². The van der Waals surface area contributed by atoms with Gasteiger partial charge in [0, 0.05) is 22.0 Å². The minimum atomic E-state index is -4.20. The van der Waals surface area contributed by atoms with Gasteiger partial charge in [0.1, 0.15) is 18.3 Å². The average Bonchev–Trinajstić information content (AvgIpc) is 3.52. The van der Waals surface area contributed by atoms with E-state index in [1.54, 1.807) is 55.5 Å². The maximum Gasteiger partial charge on any atom is 0.264 e. The third-order valence-corrected chi connectivity index (χ3v) is 10.5. The highest BCUT2D eigenvalue weighted by Gasteiger charge is 2.34. The summed E-state index contributed by atoms with van der Waals surface area (Å²) in [7, 11) is -4.20. The molecule has 0 bridgehead atoms. The Balaban J connectivity index is 1.72. The molecule has 1 saturated carbocycles. The second-order valence-corrected chi connectivity index (χ2v) is 14.1. The number of amides is 2. The fourth-order valence-corrected chi connectivity index (χ4v) is 7.19. The smallest absolute Gasteiger partial charge is 0.264 e. The number of hydrogen-bond acceptors (Lipinski definition) is 6. The molecule has 0 heterocycles. The number of hydrogen-bond donors (Lipinski definition) is 1. The molecule has 0 saturated heterocycles. The highest BCUT2D eigenvalue weighted by atomic mass is 79.9. The molecular weight excluding hydrogens is 650 g/mol. The van der Waals surface area contributed by atoms with Gasteiger partial charge in [0.25, 0.3) is 10.0 Å². The number of thioether (sulfide) groups is 1. The van der Waals surface area contributed by atoms with Crippen molar-refractivity contribution in [2.45, 2.75) is 68.0 Å². The van der Waals surface area contributed by atoms with Gasteiger partial charge in [0.05, 0.1) is 17.2 Å². The molecule has 1 atom stereocenters. The first kappa shape index (κ1) is 32.9. The first-order valence-electron chi connectivity index (χ1n) is 14.4. The molecule has 0 spiro atoms. The lowest BCUT2D eigenvalue weighted by molar-refractivity contribution is -0.139. The van der Waals surface area contributed by atoms with Gasteiger partial charge in [-0.2, -0.15) is 0 Å². The van der Waals surface area contributed by atoms with Crippen LogP contribution >= 0.6 is 27.7 Å². The van der Waals surface area contributed by atoms with E-state index in [1.807, 2.05) is 37.4 Å². The monoisotopic (exact) mass is 687 g/mol. The lowest BCUT2D eigenvalue weighted by Crippen LogP contribution is -2.52. The van der Waals surface area contributed by atoms with Crippen LogP contribution in [0.25, 0.3) is 0 Å². The second-order valence-electron chi connectivity index (χ2n) is 10.4. The number of ether oxygens (including phenoxy) is 1. The third kappa shape index (κ3) is 8.33. The minimum Gasteiger partial charge on any atom is -0.492 e. The van der Waals surface area contributed by atoms with Crippen LogP contribution in [-0.2, 0) is 26.2 Å². The van der Waals surface area contributed by atoms with Crippen molar-refractivity contribution in [1.82, 2.24) is 10.2 Å². The Hall–Kier alpha value is -3.02. The Morgan fingerprint density at radius 3 is 2.30 bits per heavy atom. The van der Waals surface area contributed by atoms with Crippen LogP contribution in [0.2, 0.25) is 0 Å². The summed E-state index contributed by atoms with van der Waals surface area (Å²) in [4.78, 5) is 30.0. The molecule has 1 aliphatic rings. The predicted molar refractivity (Wildman–Crippen MR) is 175 cm³/mol. The maximum absolute atomic E-state index is 14.2. The highest BCUT2D eigenvalue weighted by molar-refractivity contribution is 9.10. The lowest BCUT2D eigenvalue weighted by atomic mass is 10.1. The van der Waals surface area contributed by atoms with Crippen molar-refractivity contribution in [3.8, 4) is 5.75 Å². The fraction of sp³-hybridized carbons (Fsp3) is 0.375. The Labute approximate surface area is 267 Å². The zero-order valence-corrected chi connectivity index (χ0v) is 27.9. The second kappa shape index (κ2) is 15.1. The molecule has 3 aromatic carbocycles. The molecule has 4 rings (SSSR count). The van der Waals surface area contributed by atoms with Crippen LogP contribution in [0.1, 0.15) is 45.1 Å². The number of benzene rings is 3. The molecule has 8 nitrogen and oxygen atoms in total. The molecule has 0 aromatic heterocycles. The van der Waals surface area contributed by atoms with E-state index in [0.717, 1.165) is 44.9 Å². The van der Waals surface area contributed by atoms with E-state index in [4.69, 9.17) is 4.74 Å². The molecular formula is C32H38BrN3O5S2. The summed E-state index contributed by atoms with van der Waals surface area (Å²) in [6.45, 7) is 3.43. The molecule has 2 amide bonds. The summed E-state index contributed by atoms with van der Waals surface area (Å²) in [6.07, 6.45) is 5.86. The van der Waals surface area contributed by atoms with Crippen molar-refractivity contribution in [3.05, 3.63) is 82.8 Å². The van der Waals surface area contributed by atoms with Gasteiger partial charge in [-0.25, -0.2) is 8.42 Å². The average molecular weight is 689 g/mol. The van der Waals surface area contributed by atoms with Crippen molar-refractivity contribution < 1.29 is 22.7 Å². The standard InChI is InChI=1S/C32H38BrN3O5S2/c1-4-41-30-12-8-7-11-29(30)36(43(39,40)28-19-17-27(42-3)18-20-28)22-31(37)35(21-24-13-15-25(33)16-14-24)23(2)32(38)34-26-9-5-6-10-26/h7-8,11-20,23,26H,4-6,9-10,21-22H2,1-3H3,(H,34,38)/t23-/m0/s1. The van der Waals surface area contributed by atoms with Crippen LogP contribution in [0.4, 0.5) is 5.69 Å². The van der Waals surface area contributed by atoms with Crippen LogP contribution in [0.5, 0.6) is 5.75 Å². The molecule has 3 aromatic rings. The number of carbonyl (C=O) groups excluding carboxylic acids is 2. The van der Waals surface area contributed by atoms with E-state index < -0.39 is 28.5 Å². The van der Waals surface area contributed by atoms with Gasteiger partial charge in [0.2, 0.25) is 11.8 Å². The molecule has 230 valence electrons. The quantitative estimate of drug-likeness (QED) is 0.214. The van der Waals surface area contributed by atoms with Gasteiger partial charge in [-0.05, 0) is 87.0 Å². The van der Waals surface area contributed by atoms with Crippen molar-refractivity contribution in [3.63, 3.8) is 0 Å². The van der Waals surface area contributed by atoms with Crippen molar-refractivity contribution in [1.29, 1.82) is 0 Å². The zero-order chi connectivity index (χ0) is 31.0. The normalized spacial score (nSPS) is 14.2. The van der Waals surface area contributed by atoms with Gasteiger partial charge >= 0.3 is 0 Å². The van der Waals surface area contributed by atoms with Crippen LogP contribution in [-0.4, -0.2) is 56.6 Å². The summed E-state index contributed by atoms with van der Waals surface area (Å²) < 4.78 is 36.1. The molecule has 11 heteroatoms. The number of anilines is 1. The van der Waals surface area contributed by atoms with Gasteiger partial charge in [-0.15, -0.1) is 11.8 Å². The first-order valence-corrected chi connectivity index (χ1v) is 17.8. The molecule has 0 aliphatic heterocycles. The first-order chi connectivity index (χ1) is 20.6. The lowest BCUT2D eigenvalue weighted by Gasteiger charge is -2.33. The van der Waals surface area contributed by atoms with Crippen molar-refractivity contribution in [2.75, 3.05) is 23.7 Å². The SMILES string of the molecule is CCOc1ccccc1N(CC(=O)N(Cc1ccc(Br)cc1)[C@@H](C)C(=O)NC1CCCC1)S(=O)(=O)c1ccc(SC)cc1. The minimum absolute atomic E-state index is 0.0517. The van der Waals surface area contributed by atoms with E-state index in [0.29, 0.717) is 12.4 Å². The van der Waals surface area contributed by atoms with E-state index in [2.05, 4.69) is 21.2 Å². The van der Waals surface area contributed by atoms with E-state index >= 15 is 0 Å². The highest BCUT2D eigenvalue weighted by Crippen LogP contribution is 2.33. The summed E-state index contributed by atoms with van der Waals surface area (Å²) in [5.41, 5.74) is 1.06. The number of nitrogens with zero attached hydrogens (tertiary/aromatic N) is 2. The van der Waals surface area contributed by atoms with Gasteiger partial charge in [0.15, 0.2) is 0 Å². The largest absolute Gasteiger partial charge is 0.492 e. The van der Waals surface area contributed by atoms with E-state index in [9.17, 15) is 18.0 Å². The molecule has 0 unspecified atom stereocenters. The molecule has 1 aliphatic carbocycles. The van der Waals surface area contributed by atoms with Gasteiger partial charge in [-0.3, -0.25) is 13.9 Å². The van der Waals surface area contributed by atoms with Crippen LogP contribution in [0, 0.1) is 0 Å². The number of nitrogens with one attached hydrogen (secondary N) is 1.